The molecule has 1 heterocycles. The van der Waals surface area contributed by atoms with Crippen molar-refractivity contribution in [2.24, 2.45) is 0 Å². The Hall–Kier alpha value is -4.81. The molecule has 0 fully saturated rings. The molecule has 1 aliphatic heterocycles. The fraction of sp³-hybridized carbons (Fsp3) is 0.0645. The topological polar surface area (TPSA) is 86.7 Å². The van der Waals surface area contributed by atoms with Crippen molar-refractivity contribution in [3.8, 4) is 0 Å². The molecule has 37 heavy (non-hydrogen) atoms. The van der Waals surface area contributed by atoms with Gasteiger partial charge >= 0.3 is 5.97 Å². The molecule has 1 atom stereocenters. The minimum atomic E-state index is -1.16. The molecular weight excluding hydrogens is 464 g/mol. The third kappa shape index (κ3) is 3.06. The van der Waals surface area contributed by atoms with E-state index in [9.17, 15) is 19.5 Å². The summed E-state index contributed by atoms with van der Waals surface area (Å²) < 4.78 is 0. The number of rotatable bonds is 5. The lowest BCUT2D eigenvalue weighted by Gasteiger charge is -2.30. The monoisotopic (exact) mass is 484 g/mol. The number of aliphatic carboxylic acids is 1. The Morgan fingerprint density at radius 3 is 1.81 bits per heavy atom. The molecule has 6 aromatic carbocycles. The Morgan fingerprint density at radius 1 is 0.676 bits per heavy atom. The minimum Gasteiger partial charge on any atom is -0.480 e. The van der Waals surface area contributed by atoms with Crippen LogP contribution in [0.5, 0.6) is 0 Å². The van der Waals surface area contributed by atoms with E-state index in [-0.39, 0.29) is 6.42 Å². The van der Waals surface area contributed by atoms with E-state index in [1.807, 2.05) is 54.6 Å². The number of benzene rings is 6. The van der Waals surface area contributed by atoms with Crippen LogP contribution in [0.25, 0.3) is 43.1 Å². The maximum atomic E-state index is 13.6. The average molecular weight is 485 g/mol. The number of fused-ring (bicyclic) bond motifs is 2. The molecule has 2 N–H and O–H groups in total. The summed E-state index contributed by atoms with van der Waals surface area (Å²) in [5.74, 6) is -2.26. The van der Waals surface area contributed by atoms with Crippen LogP contribution in [0.15, 0.2) is 91.0 Å². The van der Waals surface area contributed by atoms with Gasteiger partial charge in [-0.2, -0.15) is 0 Å². The second-order valence-corrected chi connectivity index (χ2v) is 9.44. The van der Waals surface area contributed by atoms with Gasteiger partial charge in [0.25, 0.3) is 11.8 Å². The number of carboxylic acid groups (broad SMARTS) is 1. The predicted molar refractivity (Wildman–Crippen MR) is 143 cm³/mol. The largest absolute Gasteiger partial charge is 0.480 e. The number of nitrogens with zero attached hydrogens (tertiary/aromatic N) is 1. The molecule has 0 aromatic heterocycles. The molecule has 0 spiro atoms. The molecule has 6 aromatic rings. The molecule has 6 heteroatoms. The van der Waals surface area contributed by atoms with Crippen molar-refractivity contribution in [3.63, 3.8) is 0 Å². The summed E-state index contributed by atoms with van der Waals surface area (Å²) in [7, 11) is 0. The normalized spacial score (nSPS) is 14.3. The SMILES string of the molecule is O=C(O)[C@@H](Cc1ccccc1)NN1C(=O)c2ccc3c4cccc5cccc(c6ccc(c2c36)C1=O)c54. The molecule has 7 rings (SSSR count). The highest BCUT2D eigenvalue weighted by atomic mass is 16.4. The number of carbonyl (C=O) groups excluding carboxylic acids is 2. The quantitative estimate of drug-likeness (QED) is 0.191. The first kappa shape index (κ1) is 21.5. The van der Waals surface area contributed by atoms with Crippen molar-refractivity contribution in [3.05, 3.63) is 108 Å². The minimum absolute atomic E-state index is 0.119. The van der Waals surface area contributed by atoms with Gasteiger partial charge in [0.05, 0.1) is 11.1 Å². The van der Waals surface area contributed by atoms with Crippen LogP contribution in [0.2, 0.25) is 0 Å². The molecule has 0 unspecified atom stereocenters. The molecular formula is C31H20N2O4. The van der Waals surface area contributed by atoms with Crippen molar-refractivity contribution < 1.29 is 19.5 Å². The highest BCUT2D eigenvalue weighted by Gasteiger charge is 2.36. The third-order valence-corrected chi connectivity index (χ3v) is 7.38. The number of nitrogens with one attached hydrogen (secondary N) is 1. The molecule has 0 radical (unpaired) electrons. The number of carboxylic acids is 1. The lowest BCUT2D eigenvalue weighted by atomic mass is 9.85. The van der Waals surface area contributed by atoms with Crippen LogP contribution in [0.4, 0.5) is 0 Å². The lowest BCUT2D eigenvalue weighted by Crippen LogP contribution is -2.56. The highest BCUT2D eigenvalue weighted by molar-refractivity contribution is 6.38. The van der Waals surface area contributed by atoms with E-state index >= 15 is 0 Å². The molecule has 1 aliphatic rings. The Bertz CT molecular complexity index is 1810. The van der Waals surface area contributed by atoms with E-state index in [1.165, 1.54) is 0 Å². The van der Waals surface area contributed by atoms with Crippen molar-refractivity contribution in [2.45, 2.75) is 12.5 Å². The van der Waals surface area contributed by atoms with Crippen molar-refractivity contribution >= 4 is 60.9 Å². The first-order valence-electron chi connectivity index (χ1n) is 12.1. The van der Waals surface area contributed by atoms with Gasteiger partial charge in [0.15, 0.2) is 0 Å². The van der Waals surface area contributed by atoms with Gasteiger partial charge in [-0.1, -0.05) is 78.9 Å². The Labute approximate surface area is 211 Å². The van der Waals surface area contributed by atoms with E-state index in [4.69, 9.17) is 0 Å². The molecule has 0 bridgehead atoms. The van der Waals surface area contributed by atoms with Crippen molar-refractivity contribution in [1.82, 2.24) is 10.4 Å². The summed E-state index contributed by atoms with van der Waals surface area (Å²) in [6, 6.07) is 27.6. The Kier molecular flexibility index (Phi) is 4.55. The van der Waals surface area contributed by atoms with Crippen LogP contribution in [0.1, 0.15) is 26.3 Å². The number of carbonyl (C=O) groups is 3. The Balaban J connectivity index is 1.40. The maximum Gasteiger partial charge on any atom is 0.322 e. The average Bonchev–Trinajstić information content (AvgIpc) is 2.92. The van der Waals surface area contributed by atoms with E-state index in [1.54, 1.807) is 12.1 Å². The number of hydrazine groups is 1. The van der Waals surface area contributed by atoms with Crippen LogP contribution < -0.4 is 5.43 Å². The van der Waals surface area contributed by atoms with E-state index in [0.717, 1.165) is 48.3 Å². The van der Waals surface area contributed by atoms with Gasteiger partial charge in [0, 0.05) is 11.8 Å². The summed E-state index contributed by atoms with van der Waals surface area (Å²) in [6.07, 6.45) is 0.119. The predicted octanol–water partition coefficient (Wildman–Crippen LogP) is 5.53. The summed E-state index contributed by atoms with van der Waals surface area (Å²) >= 11 is 0. The second-order valence-electron chi connectivity index (χ2n) is 9.44. The van der Waals surface area contributed by atoms with E-state index in [0.29, 0.717) is 16.5 Å². The molecule has 6 nitrogen and oxygen atoms in total. The maximum absolute atomic E-state index is 13.6. The van der Waals surface area contributed by atoms with Crippen LogP contribution in [-0.2, 0) is 11.2 Å². The molecule has 2 amide bonds. The number of hydrogen-bond acceptors (Lipinski definition) is 4. The van der Waals surface area contributed by atoms with Gasteiger partial charge in [0.2, 0.25) is 0 Å². The van der Waals surface area contributed by atoms with Crippen molar-refractivity contribution in [2.75, 3.05) is 0 Å². The van der Waals surface area contributed by atoms with Gasteiger partial charge in [-0.05, 0) is 55.4 Å². The molecule has 0 saturated heterocycles. The number of hydrogen-bond donors (Lipinski definition) is 2. The molecule has 178 valence electrons. The zero-order chi connectivity index (χ0) is 25.3. The lowest BCUT2D eigenvalue weighted by molar-refractivity contribution is -0.140. The first-order valence-corrected chi connectivity index (χ1v) is 12.1. The Morgan fingerprint density at radius 2 is 1.24 bits per heavy atom. The summed E-state index contributed by atoms with van der Waals surface area (Å²) in [5.41, 5.74) is 4.24. The standard InChI is InChI=1S/C31H20N2O4/c34-29-23-14-12-21-19-10-4-8-18-9-5-11-20(26(18)19)22-13-15-24(28(23)27(21)22)30(35)33(29)32-25(31(36)37)16-17-6-2-1-3-7-17/h1-15,25,32H,16H2,(H,36,37)/t25-/m1/s1. The summed E-state index contributed by atoms with van der Waals surface area (Å²) in [5, 5.41) is 18.6. The fourth-order valence-corrected chi connectivity index (χ4v) is 5.73. The number of imide groups is 1. The highest BCUT2D eigenvalue weighted by Crippen LogP contribution is 2.43. The van der Waals surface area contributed by atoms with Gasteiger partial charge < -0.3 is 5.11 Å². The van der Waals surface area contributed by atoms with Gasteiger partial charge in [-0.3, -0.25) is 14.4 Å². The summed E-state index contributed by atoms with van der Waals surface area (Å²) in [4.78, 5) is 39.3. The van der Waals surface area contributed by atoms with Crippen LogP contribution >= 0.6 is 0 Å². The van der Waals surface area contributed by atoms with E-state index < -0.39 is 23.8 Å². The molecule has 0 saturated carbocycles. The van der Waals surface area contributed by atoms with Crippen LogP contribution in [-0.4, -0.2) is 33.9 Å². The number of amides is 2. The van der Waals surface area contributed by atoms with Crippen molar-refractivity contribution in [1.29, 1.82) is 0 Å². The first-order chi connectivity index (χ1) is 18.0. The van der Waals surface area contributed by atoms with Gasteiger partial charge in [-0.15, -0.1) is 0 Å². The molecule has 0 aliphatic carbocycles. The fourth-order valence-electron chi connectivity index (χ4n) is 5.73. The smallest absolute Gasteiger partial charge is 0.322 e. The summed E-state index contributed by atoms with van der Waals surface area (Å²) in [6.45, 7) is 0. The van der Waals surface area contributed by atoms with E-state index in [2.05, 4.69) is 29.7 Å². The zero-order valence-corrected chi connectivity index (χ0v) is 19.6. The van der Waals surface area contributed by atoms with Crippen LogP contribution in [0, 0.1) is 0 Å². The van der Waals surface area contributed by atoms with Crippen LogP contribution in [0.3, 0.4) is 0 Å². The second kappa shape index (κ2) is 7.85. The van der Waals surface area contributed by atoms with Gasteiger partial charge in [-0.25, -0.2) is 10.4 Å². The zero-order valence-electron chi connectivity index (χ0n) is 19.6. The van der Waals surface area contributed by atoms with Gasteiger partial charge in [0.1, 0.15) is 6.04 Å². The third-order valence-electron chi connectivity index (χ3n) is 7.38.